The van der Waals surface area contributed by atoms with Crippen molar-refractivity contribution in [2.24, 2.45) is 0 Å². The predicted molar refractivity (Wildman–Crippen MR) is 39.3 cm³/mol. The Morgan fingerprint density at radius 2 is 2.17 bits per heavy atom. The minimum absolute atomic E-state index is 0.200. The van der Waals surface area contributed by atoms with Crippen molar-refractivity contribution in [3.63, 3.8) is 0 Å². The fraction of sp³-hybridized carbons (Fsp3) is 0.750. The second-order valence-corrected chi connectivity index (χ2v) is 3.23. The van der Waals surface area contributed by atoms with Crippen LogP contribution in [0.15, 0.2) is 0 Å². The van der Waals surface area contributed by atoms with E-state index in [4.69, 9.17) is 5.11 Å². The topological polar surface area (TPSA) is 105 Å². The van der Waals surface area contributed by atoms with Crippen molar-refractivity contribution in [3.8, 4) is 0 Å². The smallest absolute Gasteiger partial charge is 0.331 e. The Kier molecular flexibility index (Phi) is 4.74. The van der Waals surface area contributed by atoms with Crippen LogP contribution in [0.5, 0.6) is 0 Å². The van der Waals surface area contributed by atoms with E-state index in [-0.39, 0.29) is 6.54 Å². The van der Waals surface area contributed by atoms with E-state index >= 15 is 0 Å². The van der Waals surface area contributed by atoms with Gasteiger partial charge in [-0.3, -0.25) is 4.84 Å². The summed E-state index contributed by atoms with van der Waals surface area (Å²) in [4.78, 5) is 15.5. The summed E-state index contributed by atoms with van der Waals surface area (Å²) < 4.78 is 23.4. The first kappa shape index (κ1) is 11.3. The van der Waals surface area contributed by atoms with Gasteiger partial charge in [-0.1, -0.05) is 11.8 Å². The molecule has 12 heavy (non-hydrogen) atoms. The standard InChI is InChI=1S/C4H10N2O5S/c1-2-5-12(9,10)6-11-3-4(7)8/h5-6H,2-3H2,1H3,(H,7,8). The zero-order chi connectivity index (χ0) is 9.61. The summed E-state index contributed by atoms with van der Waals surface area (Å²) in [6.07, 6.45) is 0. The highest BCUT2D eigenvalue weighted by Crippen LogP contribution is 1.76. The van der Waals surface area contributed by atoms with Crippen molar-refractivity contribution < 1.29 is 23.2 Å². The van der Waals surface area contributed by atoms with E-state index in [2.05, 4.69) is 4.84 Å². The van der Waals surface area contributed by atoms with Crippen LogP contribution in [0.25, 0.3) is 0 Å². The third-order valence-corrected chi connectivity index (χ3v) is 1.70. The molecular weight excluding hydrogens is 188 g/mol. The van der Waals surface area contributed by atoms with E-state index in [0.29, 0.717) is 0 Å². The lowest BCUT2D eigenvalue weighted by molar-refractivity contribution is -0.143. The number of carbonyl (C=O) groups is 1. The Hall–Kier alpha value is -0.700. The molecule has 0 radical (unpaired) electrons. The lowest BCUT2D eigenvalue weighted by atomic mass is 10.8. The van der Waals surface area contributed by atoms with Gasteiger partial charge in [0.25, 0.3) is 10.2 Å². The van der Waals surface area contributed by atoms with E-state index in [9.17, 15) is 13.2 Å². The van der Waals surface area contributed by atoms with Gasteiger partial charge in [0.2, 0.25) is 0 Å². The van der Waals surface area contributed by atoms with E-state index in [1.54, 1.807) is 11.8 Å². The average molecular weight is 198 g/mol. The van der Waals surface area contributed by atoms with E-state index in [1.165, 1.54) is 0 Å². The van der Waals surface area contributed by atoms with Crippen LogP contribution in [0, 0.1) is 0 Å². The van der Waals surface area contributed by atoms with Crippen molar-refractivity contribution in [1.82, 2.24) is 9.61 Å². The molecule has 0 aromatic carbocycles. The second-order valence-electron chi connectivity index (χ2n) is 1.77. The van der Waals surface area contributed by atoms with Gasteiger partial charge >= 0.3 is 5.97 Å². The van der Waals surface area contributed by atoms with Crippen LogP contribution < -0.4 is 9.61 Å². The van der Waals surface area contributed by atoms with E-state index in [1.807, 2.05) is 4.72 Å². The first-order chi connectivity index (χ1) is 5.48. The van der Waals surface area contributed by atoms with Gasteiger partial charge in [0.15, 0.2) is 6.61 Å². The Bertz CT molecular complexity index is 236. The van der Waals surface area contributed by atoms with Gasteiger partial charge in [0.05, 0.1) is 0 Å². The van der Waals surface area contributed by atoms with Crippen molar-refractivity contribution in [1.29, 1.82) is 0 Å². The molecule has 0 bridgehead atoms. The van der Waals surface area contributed by atoms with Crippen LogP contribution in [0.2, 0.25) is 0 Å². The minimum atomic E-state index is -3.71. The number of hydrogen-bond acceptors (Lipinski definition) is 4. The molecule has 0 spiro atoms. The fourth-order valence-electron chi connectivity index (χ4n) is 0.388. The Morgan fingerprint density at radius 1 is 1.58 bits per heavy atom. The molecule has 3 N–H and O–H groups in total. The zero-order valence-electron chi connectivity index (χ0n) is 6.40. The summed E-state index contributed by atoms with van der Waals surface area (Å²) in [6.45, 7) is 1.06. The molecule has 0 heterocycles. The summed E-state index contributed by atoms with van der Waals surface area (Å²) in [7, 11) is -3.71. The summed E-state index contributed by atoms with van der Waals surface area (Å²) in [5, 5.41) is 8.06. The number of rotatable bonds is 6. The minimum Gasteiger partial charge on any atom is -0.479 e. The highest BCUT2D eigenvalue weighted by atomic mass is 32.2. The van der Waals surface area contributed by atoms with Crippen LogP contribution in [0.3, 0.4) is 0 Å². The maximum absolute atomic E-state index is 10.7. The molecule has 0 aromatic heterocycles. The Balaban J connectivity index is 3.69. The molecule has 0 aliphatic heterocycles. The lowest BCUT2D eigenvalue weighted by Gasteiger charge is -2.04. The third kappa shape index (κ3) is 6.04. The highest BCUT2D eigenvalue weighted by molar-refractivity contribution is 7.87. The predicted octanol–water partition coefficient (Wildman–Crippen LogP) is -1.55. The number of hydrogen-bond donors (Lipinski definition) is 3. The zero-order valence-corrected chi connectivity index (χ0v) is 7.22. The van der Waals surface area contributed by atoms with Gasteiger partial charge < -0.3 is 5.11 Å². The lowest BCUT2D eigenvalue weighted by Crippen LogP contribution is -2.37. The Labute approximate surface area is 69.9 Å². The molecule has 0 saturated heterocycles. The van der Waals surface area contributed by atoms with Crippen LogP contribution in [0.4, 0.5) is 0 Å². The molecule has 0 unspecified atom stereocenters. The summed E-state index contributed by atoms with van der Waals surface area (Å²) in [5.74, 6) is -1.26. The normalized spacial score (nSPS) is 11.4. The molecule has 0 atom stereocenters. The molecule has 0 fully saturated rings. The molecule has 0 aliphatic carbocycles. The Morgan fingerprint density at radius 3 is 2.58 bits per heavy atom. The molecule has 0 amide bonds. The van der Waals surface area contributed by atoms with Crippen molar-refractivity contribution in [3.05, 3.63) is 0 Å². The summed E-state index contributed by atoms with van der Waals surface area (Å²) in [5.41, 5.74) is 0. The van der Waals surface area contributed by atoms with Crippen LogP contribution in [-0.4, -0.2) is 32.6 Å². The highest BCUT2D eigenvalue weighted by Gasteiger charge is 2.07. The maximum Gasteiger partial charge on any atom is 0.331 e. The number of aliphatic carboxylic acids is 1. The number of nitrogens with one attached hydrogen (secondary N) is 2. The van der Waals surface area contributed by atoms with Gasteiger partial charge in [-0.15, -0.1) is 0 Å². The average Bonchev–Trinajstić information content (AvgIpc) is 1.85. The molecular formula is C4H10N2O5S. The van der Waals surface area contributed by atoms with Crippen molar-refractivity contribution in [2.45, 2.75) is 6.92 Å². The van der Waals surface area contributed by atoms with Gasteiger partial charge in [0.1, 0.15) is 0 Å². The number of carboxylic acids is 1. The molecule has 0 rings (SSSR count). The monoisotopic (exact) mass is 198 g/mol. The summed E-state index contributed by atoms with van der Waals surface area (Å²) in [6, 6.07) is 0. The van der Waals surface area contributed by atoms with Gasteiger partial charge in [-0.05, 0) is 0 Å². The van der Waals surface area contributed by atoms with Crippen LogP contribution in [0.1, 0.15) is 6.92 Å². The van der Waals surface area contributed by atoms with Gasteiger partial charge in [0, 0.05) is 6.54 Å². The molecule has 0 aliphatic rings. The largest absolute Gasteiger partial charge is 0.479 e. The SMILES string of the molecule is CCNS(=O)(=O)NOCC(=O)O. The molecule has 8 heteroatoms. The van der Waals surface area contributed by atoms with Crippen molar-refractivity contribution >= 4 is 16.2 Å². The van der Waals surface area contributed by atoms with Gasteiger partial charge in [-0.25, -0.2) is 9.52 Å². The van der Waals surface area contributed by atoms with Gasteiger partial charge in [-0.2, -0.15) is 8.42 Å². The molecule has 72 valence electrons. The van der Waals surface area contributed by atoms with Crippen LogP contribution >= 0.6 is 0 Å². The fourth-order valence-corrected chi connectivity index (χ4v) is 1.04. The van der Waals surface area contributed by atoms with E-state index in [0.717, 1.165) is 0 Å². The second kappa shape index (κ2) is 5.04. The number of carboxylic acid groups (broad SMARTS) is 1. The molecule has 0 aromatic rings. The third-order valence-electron chi connectivity index (χ3n) is 0.699. The van der Waals surface area contributed by atoms with Crippen molar-refractivity contribution in [2.75, 3.05) is 13.2 Å². The first-order valence-electron chi connectivity index (χ1n) is 3.08. The molecule has 0 saturated carbocycles. The first-order valence-corrected chi connectivity index (χ1v) is 4.56. The van der Waals surface area contributed by atoms with Crippen LogP contribution in [-0.2, 0) is 19.8 Å². The summed E-state index contributed by atoms with van der Waals surface area (Å²) >= 11 is 0. The maximum atomic E-state index is 10.7. The van der Waals surface area contributed by atoms with E-state index < -0.39 is 22.8 Å². The molecule has 7 nitrogen and oxygen atoms in total. The quantitative estimate of drug-likeness (QED) is 0.448.